The van der Waals surface area contributed by atoms with Crippen molar-refractivity contribution < 1.29 is 0 Å². The van der Waals surface area contributed by atoms with Crippen LogP contribution in [0.3, 0.4) is 0 Å². The molecule has 0 amide bonds. The maximum atomic E-state index is 4.81. The number of hydrogen-bond acceptors (Lipinski definition) is 4. The zero-order valence-corrected chi connectivity index (χ0v) is 13.3. The number of anilines is 2. The monoisotopic (exact) mass is 276 g/mol. The summed E-state index contributed by atoms with van der Waals surface area (Å²) in [4.78, 5) is 11.9. The molecular weight excluding hydrogens is 248 g/mol. The largest absolute Gasteiger partial charge is 0.373 e. The van der Waals surface area contributed by atoms with Gasteiger partial charge in [0.15, 0.2) is 0 Å². The van der Waals surface area contributed by atoms with Crippen LogP contribution in [0, 0.1) is 0 Å². The Kier molecular flexibility index (Phi) is 5.21. The summed E-state index contributed by atoms with van der Waals surface area (Å²) in [6.45, 7) is 7.70. The van der Waals surface area contributed by atoms with E-state index in [0.29, 0.717) is 12.0 Å². The van der Waals surface area contributed by atoms with Crippen LogP contribution in [-0.2, 0) is 0 Å². The maximum Gasteiger partial charge on any atom is 0.135 e. The third-order valence-corrected chi connectivity index (χ3v) is 4.05. The Labute approximate surface area is 123 Å². The average molecular weight is 276 g/mol. The van der Waals surface area contributed by atoms with E-state index >= 15 is 0 Å². The van der Waals surface area contributed by atoms with Crippen molar-refractivity contribution in [2.24, 2.45) is 0 Å². The first-order chi connectivity index (χ1) is 9.65. The molecule has 1 saturated heterocycles. The molecule has 1 aliphatic heterocycles. The molecule has 1 aromatic heterocycles. The van der Waals surface area contributed by atoms with E-state index in [1.807, 2.05) is 7.05 Å². The van der Waals surface area contributed by atoms with Crippen LogP contribution in [-0.4, -0.2) is 29.6 Å². The Morgan fingerprint density at radius 3 is 2.80 bits per heavy atom. The predicted octanol–water partition coefficient (Wildman–Crippen LogP) is 3.80. The number of nitrogens with one attached hydrogen (secondary N) is 1. The first kappa shape index (κ1) is 15.1. The Morgan fingerprint density at radius 1 is 1.35 bits per heavy atom. The van der Waals surface area contributed by atoms with Crippen LogP contribution < -0.4 is 10.2 Å². The van der Waals surface area contributed by atoms with E-state index in [9.17, 15) is 0 Å². The minimum absolute atomic E-state index is 0.358. The van der Waals surface area contributed by atoms with E-state index in [1.165, 1.54) is 32.1 Å². The molecular formula is C16H28N4. The van der Waals surface area contributed by atoms with Gasteiger partial charge in [-0.25, -0.2) is 9.97 Å². The van der Waals surface area contributed by atoms with Crippen LogP contribution in [0.15, 0.2) is 6.07 Å². The summed E-state index contributed by atoms with van der Waals surface area (Å²) in [7, 11) is 1.93. The fourth-order valence-electron chi connectivity index (χ4n) is 2.92. The third-order valence-electron chi connectivity index (χ3n) is 4.05. The van der Waals surface area contributed by atoms with Gasteiger partial charge in [0.2, 0.25) is 0 Å². The summed E-state index contributed by atoms with van der Waals surface area (Å²) < 4.78 is 0. The average Bonchev–Trinajstić information content (AvgIpc) is 2.47. The van der Waals surface area contributed by atoms with Crippen LogP contribution in [0.2, 0.25) is 0 Å². The lowest BCUT2D eigenvalue weighted by Gasteiger charge is -2.37. The first-order valence-electron chi connectivity index (χ1n) is 7.99. The highest BCUT2D eigenvalue weighted by atomic mass is 15.2. The van der Waals surface area contributed by atoms with Gasteiger partial charge in [0, 0.05) is 31.6 Å². The van der Waals surface area contributed by atoms with Crippen molar-refractivity contribution in [3.63, 3.8) is 0 Å². The molecule has 4 nitrogen and oxygen atoms in total. The van der Waals surface area contributed by atoms with E-state index in [0.717, 1.165) is 24.0 Å². The van der Waals surface area contributed by atoms with E-state index in [2.05, 4.69) is 42.0 Å². The summed E-state index contributed by atoms with van der Waals surface area (Å²) in [5.41, 5.74) is 0. The lowest BCUT2D eigenvalue weighted by Crippen LogP contribution is -2.40. The summed E-state index contributed by atoms with van der Waals surface area (Å²) >= 11 is 0. The van der Waals surface area contributed by atoms with E-state index in [4.69, 9.17) is 4.98 Å². The van der Waals surface area contributed by atoms with Crippen LogP contribution in [0.5, 0.6) is 0 Å². The minimum atomic E-state index is 0.358. The van der Waals surface area contributed by atoms with Gasteiger partial charge in [0.25, 0.3) is 0 Å². The molecule has 4 heteroatoms. The second-order valence-electron chi connectivity index (χ2n) is 6.01. The Hall–Kier alpha value is -1.32. The molecule has 1 aromatic rings. The van der Waals surface area contributed by atoms with Gasteiger partial charge in [-0.05, 0) is 25.7 Å². The van der Waals surface area contributed by atoms with Crippen molar-refractivity contribution in [2.45, 2.75) is 64.8 Å². The SMILES string of the molecule is CCCC1CCCCN1c1cc(NC)nc(C(C)C)n1. The van der Waals surface area contributed by atoms with Crippen molar-refractivity contribution in [1.82, 2.24) is 9.97 Å². The molecule has 1 atom stereocenters. The molecule has 1 unspecified atom stereocenters. The number of aromatic nitrogens is 2. The summed E-state index contributed by atoms with van der Waals surface area (Å²) in [6, 6.07) is 2.74. The molecule has 0 aliphatic carbocycles. The van der Waals surface area contributed by atoms with Gasteiger partial charge < -0.3 is 10.2 Å². The number of rotatable bonds is 5. The summed E-state index contributed by atoms with van der Waals surface area (Å²) in [5.74, 6) is 3.33. The number of nitrogens with zero attached hydrogens (tertiary/aromatic N) is 3. The van der Waals surface area contributed by atoms with Crippen molar-refractivity contribution in [3.8, 4) is 0 Å². The highest BCUT2D eigenvalue weighted by Crippen LogP contribution is 2.28. The summed E-state index contributed by atoms with van der Waals surface area (Å²) in [6.07, 6.45) is 6.42. The Bertz CT molecular complexity index is 428. The topological polar surface area (TPSA) is 41.0 Å². The molecule has 2 heterocycles. The third kappa shape index (κ3) is 3.41. The highest BCUT2D eigenvalue weighted by Gasteiger charge is 2.24. The quantitative estimate of drug-likeness (QED) is 0.888. The van der Waals surface area contributed by atoms with E-state index in [1.54, 1.807) is 0 Å². The molecule has 0 spiro atoms. The molecule has 0 aromatic carbocycles. The fourth-order valence-corrected chi connectivity index (χ4v) is 2.92. The summed E-state index contributed by atoms with van der Waals surface area (Å²) in [5, 5.41) is 3.17. The molecule has 2 rings (SSSR count). The number of hydrogen-bond donors (Lipinski definition) is 1. The van der Waals surface area contributed by atoms with Crippen LogP contribution in [0.4, 0.5) is 11.6 Å². The van der Waals surface area contributed by atoms with Crippen molar-refractivity contribution in [2.75, 3.05) is 23.8 Å². The van der Waals surface area contributed by atoms with Gasteiger partial charge in [-0.2, -0.15) is 0 Å². The second kappa shape index (κ2) is 6.91. The predicted molar refractivity (Wildman–Crippen MR) is 85.6 cm³/mol. The smallest absolute Gasteiger partial charge is 0.135 e. The molecule has 1 aliphatic rings. The molecule has 1 fully saturated rings. The molecule has 112 valence electrons. The lowest BCUT2D eigenvalue weighted by molar-refractivity contribution is 0.431. The molecule has 1 N–H and O–H groups in total. The normalized spacial score (nSPS) is 19.4. The van der Waals surface area contributed by atoms with Gasteiger partial charge in [-0.15, -0.1) is 0 Å². The zero-order valence-electron chi connectivity index (χ0n) is 13.3. The van der Waals surface area contributed by atoms with Gasteiger partial charge in [-0.1, -0.05) is 27.2 Å². The lowest BCUT2D eigenvalue weighted by atomic mass is 9.98. The van der Waals surface area contributed by atoms with Gasteiger partial charge in [0.1, 0.15) is 17.5 Å². The highest BCUT2D eigenvalue weighted by molar-refractivity contribution is 5.50. The Balaban J connectivity index is 2.31. The standard InChI is InChI=1S/C16H28N4/c1-5-8-13-9-6-7-10-20(13)15-11-14(17-4)18-16(19-15)12(2)3/h11-13H,5-10H2,1-4H3,(H,17,18,19). The Morgan fingerprint density at radius 2 is 2.15 bits per heavy atom. The van der Waals surface area contributed by atoms with Gasteiger partial charge >= 0.3 is 0 Å². The number of piperidine rings is 1. The molecule has 0 radical (unpaired) electrons. The maximum absolute atomic E-state index is 4.81. The van der Waals surface area contributed by atoms with Crippen LogP contribution in [0.25, 0.3) is 0 Å². The molecule has 0 saturated carbocycles. The fraction of sp³-hybridized carbons (Fsp3) is 0.750. The molecule has 20 heavy (non-hydrogen) atoms. The van der Waals surface area contributed by atoms with E-state index < -0.39 is 0 Å². The van der Waals surface area contributed by atoms with E-state index in [-0.39, 0.29) is 0 Å². The van der Waals surface area contributed by atoms with Crippen LogP contribution >= 0.6 is 0 Å². The second-order valence-corrected chi connectivity index (χ2v) is 6.01. The first-order valence-corrected chi connectivity index (χ1v) is 7.99. The van der Waals surface area contributed by atoms with Crippen molar-refractivity contribution in [1.29, 1.82) is 0 Å². The zero-order chi connectivity index (χ0) is 14.5. The van der Waals surface area contributed by atoms with Crippen molar-refractivity contribution >= 4 is 11.6 Å². The molecule has 0 bridgehead atoms. The van der Waals surface area contributed by atoms with Gasteiger partial charge in [0.05, 0.1) is 0 Å². The minimum Gasteiger partial charge on any atom is -0.373 e. The van der Waals surface area contributed by atoms with Crippen LogP contribution in [0.1, 0.15) is 64.6 Å². The van der Waals surface area contributed by atoms with Gasteiger partial charge in [-0.3, -0.25) is 0 Å². The van der Waals surface area contributed by atoms with Crippen molar-refractivity contribution in [3.05, 3.63) is 11.9 Å².